The predicted molar refractivity (Wildman–Crippen MR) is 76.9 cm³/mol. The minimum Gasteiger partial charge on any atom is -0.354 e. The summed E-state index contributed by atoms with van der Waals surface area (Å²) in [6, 6.07) is 8.07. The maximum absolute atomic E-state index is 11.9. The Balaban J connectivity index is 1.51. The van der Waals surface area contributed by atoms with E-state index in [0.29, 0.717) is 19.0 Å². The summed E-state index contributed by atoms with van der Waals surface area (Å²) in [5, 5.41) is 17.3. The van der Waals surface area contributed by atoms with Crippen LogP contribution >= 0.6 is 0 Å². The zero-order chi connectivity index (χ0) is 14.5. The number of hydrogen-bond donors (Lipinski definition) is 2. The number of hydrogen-bond acceptors (Lipinski definition) is 5. The molecule has 1 amide bonds. The number of nitrogens with zero attached hydrogens (tertiary/aromatic N) is 4. The maximum Gasteiger partial charge on any atom is 0.224 e. The van der Waals surface area contributed by atoms with Gasteiger partial charge in [-0.3, -0.25) is 4.79 Å². The lowest BCUT2D eigenvalue weighted by Crippen LogP contribution is -2.37. The largest absolute Gasteiger partial charge is 0.354 e. The van der Waals surface area contributed by atoms with Gasteiger partial charge in [0.2, 0.25) is 5.91 Å². The third kappa shape index (κ3) is 3.63. The molecule has 1 saturated heterocycles. The number of tetrazole rings is 1. The fourth-order valence-corrected chi connectivity index (χ4v) is 2.46. The summed E-state index contributed by atoms with van der Waals surface area (Å²) < 4.78 is 1.58. The number of carbonyl (C=O) groups excluding carboxylic acids is 1. The van der Waals surface area contributed by atoms with E-state index < -0.39 is 0 Å². The molecule has 7 heteroatoms. The minimum absolute atomic E-state index is 0.0545. The van der Waals surface area contributed by atoms with Crippen LogP contribution in [0.1, 0.15) is 18.4 Å². The van der Waals surface area contributed by atoms with Crippen LogP contribution < -0.4 is 10.6 Å². The van der Waals surface area contributed by atoms with Crippen molar-refractivity contribution >= 4 is 5.91 Å². The normalized spacial score (nSPS) is 17.8. The molecule has 2 aromatic rings. The van der Waals surface area contributed by atoms with Crippen molar-refractivity contribution in [3.05, 3.63) is 36.2 Å². The van der Waals surface area contributed by atoms with E-state index in [0.717, 1.165) is 24.2 Å². The Labute approximate surface area is 122 Å². The van der Waals surface area contributed by atoms with Gasteiger partial charge in [-0.2, -0.15) is 0 Å². The van der Waals surface area contributed by atoms with Crippen LogP contribution in [-0.2, 0) is 11.2 Å². The third-order valence-electron chi connectivity index (χ3n) is 3.62. The van der Waals surface area contributed by atoms with Crippen LogP contribution in [-0.4, -0.2) is 45.2 Å². The highest BCUT2D eigenvalue weighted by Crippen LogP contribution is 2.08. The zero-order valence-electron chi connectivity index (χ0n) is 11.7. The molecule has 1 fully saturated rings. The van der Waals surface area contributed by atoms with Crippen molar-refractivity contribution in [3.63, 3.8) is 0 Å². The molecule has 7 nitrogen and oxygen atoms in total. The molecular formula is C14H18N6O. The van der Waals surface area contributed by atoms with Gasteiger partial charge in [0.25, 0.3) is 0 Å². The van der Waals surface area contributed by atoms with E-state index in [4.69, 9.17) is 0 Å². The zero-order valence-corrected chi connectivity index (χ0v) is 11.7. The second-order valence-electron chi connectivity index (χ2n) is 5.19. The molecule has 110 valence electrons. The van der Waals surface area contributed by atoms with Crippen LogP contribution in [0, 0.1) is 0 Å². The molecule has 1 aliphatic heterocycles. The lowest BCUT2D eigenvalue weighted by Gasteiger charge is -2.11. The van der Waals surface area contributed by atoms with Crippen molar-refractivity contribution in [2.75, 3.05) is 13.1 Å². The summed E-state index contributed by atoms with van der Waals surface area (Å²) >= 11 is 0. The molecule has 2 N–H and O–H groups in total. The van der Waals surface area contributed by atoms with E-state index >= 15 is 0 Å². The first-order chi connectivity index (χ1) is 10.3. The lowest BCUT2D eigenvalue weighted by atomic mass is 10.1. The molecule has 0 saturated carbocycles. The molecule has 21 heavy (non-hydrogen) atoms. The summed E-state index contributed by atoms with van der Waals surface area (Å²) in [5.41, 5.74) is 1.85. The Morgan fingerprint density at radius 2 is 2.24 bits per heavy atom. The van der Waals surface area contributed by atoms with Crippen molar-refractivity contribution in [1.82, 2.24) is 30.8 Å². The molecule has 0 bridgehead atoms. The molecule has 3 rings (SSSR count). The van der Waals surface area contributed by atoms with Gasteiger partial charge in [-0.05, 0) is 47.5 Å². The number of amides is 1. The van der Waals surface area contributed by atoms with Crippen LogP contribution in [0.5, 0.6) is 0 Å². The van der Waals surface area contributed by atoms with Crippen LogP contribution in [0.4, 0.5) is 0 Å². The van der Waals surface area contributed by atoms with Crippen molar-refractivity contribution in [2.45, 2.75) is 25.3 Å². The van der Waals surface area contributed by atoms with E-state index in [-0.39, 0.29) is 5.91 Å². The van der Waals surface area contributed by atoms with Gasteiger partial charge in [-0.1, -0.05) is 12.1 Å². The molecule has 1 atom stereocenters. The quantitative estimate of drug-likeness (QED) is 0.812. The first-order valence-electron chi connectivity index (χ1n) is 7.13. The second-order valence-corrected chi connectivity index (χ2v) is 5.19. The van der Waals surface area contributed by atoms with Gasteiger partial charge in [-0.25, -0.2) is 4.68 Å². The Kier molecular flexibility index (Phi) is 4.20. The van der Waals surface area contributed by atoms with Crippen molar-refractivity contribution < 1.29 is 4.79 Å². The highest BCUT2D eigenvalue weighted by molar-refractivity contribution is 5.78. The first kappa shape index (κ1) is 13.7. The number of carbonyl (C=O) groups is 1. The van der Waals surface area contributed by atoms with Gasteiger partial charge in [-0.15, -0.1) is 5.10 Å². The number of nitrogens with one attached hydrogen (secondary N) is 2. The number of aromatic nitrogens is 4. The van der Waals surface area contributed by atoms with Crippen LogP contribution in [0.3, 0.4) is 0 Å². The van der Waals surface area contributed by atoms with E-state index in [1.165, 1.54) is 12.7 Å². The Bertz CT molecular complexity index is 574. The average Bonchev–Trinajstić information content (AvgIpc) is 3.19. The van der Waals surface area contributed by atoms with Gasteiger partial charge in [0, 0.05) is 12.6 Å². The van der Waals surface area contributed by atoms with E-state index in [1.54, 1.807) is 4.68 Å². The van der Waals surface area contributed by atoms with Crippen LogP contribution in [0.2, 0.25) is 0 Å². The van der Waals surface area contributed by atoms with Crippen molar-refractivity contribution in [1.29, 1.82) is 0 Å². The van der Waals surface area contributed by atoms with Crippen LogP contribution in [0.15, 0.2) is 30.6 Å². The first-order valence-corrected chi connectivity index (χ1v) is 7.13. The number of benzene rings is 1. The summed E-state index contributed by atoms with van der Waals surface area (Å²) in [6.07, 6.45) is 4.26. The SMILES string of the molecule is O=C(Cc1ccc(-n2cnnn2)cc1)NCC1CCCN1. The van der Waals surface area contributed by atoms with Gasteiger partial charge < -0.3 is 10.6 Å². The third-order valence-corrected chi connectivity index (χ3v) is 3.62. The molecule has 0 aliphatic carbocycles. The maximum atomic E-state index is 11.9. The van der Waals surface area contributed by atoms with Crippen molar-refractivity contribution in [2.24, 2.45) is 0 Å². The Morgan fingerprint density at radius 1 is 1.38 bits per heavy atom. The monoisotopic (exact) mass is 286 g/mol. The Hall–Kier alpha value is -2.28. The summed E-state index contributed by atoms with van der Waals surface area (Å²) in [5.74, 6) is 0.0545. The standard InChI is InChI=1S/C14H18N6O/c21-14(16-9-12-2-1-7-15-12)8-11-3-5-13(6-4-11)20-10-17-18-19-20/h3-6,10,12,15H,1-2,7-9H2,(H,16,21). The lowest BCUT2D eigenvalue weighted by molar-refractivity contribution is -0.120. The molecule has 1 unspecified atom stereocenters. The molecule has 1 aliphatic rings. The van der Waals surface area contributed by atoms with Gasteiger partial charge in [0.1, 0.15) is 6.33 Å². The average molecular weight is 286 g/mol. The van der Waals surface area contributed by atoms with Gasteiger partial charge >= 0.3 is 0 Å². The topological polar surface area (TPSA) is 84.7 Å². The molecule has 0 radical (unpaired) electrons. The molecule has 1 aromatic heterocycles. The highest BCUT2D eigenvalue weighted by atomic mass is 16.1. The van der Waals surface area contributed by atoms with Crippen LogP contribution in [0.25, 0.3) is 5.69 Å². The van der Waals surface area contributed by atoms with E-state index in [2.05, 4.69) is 26.2 Å². The molecule has 0 spiro atoms. The number of rotatable bonds is 5. The van der Waals surface area contributed by atoms with Gasteiger partial charge in [0.15, 0.2) is 0 Å². The minimum atomic E-state index is 0.0545. The second kappa shape index (κ2) is 6.45. The summed E-state index contributed by atoms with van der Waals surface area (Å²) in [7, 11) is 0. The van der Waals surface area contributed by atoms with Gasteiger partial charge in [0.05, 0.1) is 12.1 Å². The predicted octanol–water partition coefficient (Wildman–Crippen LogP) is 0.0730. The van der Waals surface area contributed by atoms with Crippen molar-refractivity contribution in [3.8, 4) is 5.69 Å². The molecule has 1 aromatic carbocycles. The fraction of sp³-hybridized carbons (Fsp3) is 0.429. The Morgan fingerprint density at radius 3 is 2.90 bits per heavy atom. The van der Waals surface area contributed by atoms with E-state index in [1.807, 2.05) is 24.3 Å². The molecule has 2 heterocycles. The fourth-order valence-electron chi connectivity index (χ4n) is 2.46. The summed E-state index contributed by atoms with van der Waals surface area (Å²) in [6.45, 7) is 1.76. The molecular weight excluding hydrogens is 268 g/mol. The van der Waals surface area contributed by atoms with E-state index in [9.17, 15) is 4.79 Å². The summed E-state index contributed by atoms with van der Waals surface area (Å²) in [4.78, 5) is 11.9. The smallest absolute Gasteiger partial charge is 0.224 e. The highest BCUT2D eigenvalue weighted by Gasteiger charge is 2.14.